The molecule has 0 unspecified atom stereocenters. The molecule has 0 amide bonds. The van der Waals surface area contributed by atoms with E-state index in [1.807, 2.05) is 0 Å². The van der Waals surface area contributed by atoms with Crippen molar-refractivity contribution in [2.24, 2.45) is 0 Å². The largest absolute Gasteiger partial charge is 1.00 e. The molecule has 0 radical (unpaired) electrons. The maximum atomic E-state index is 2.43. The summed E-state index contributed by atoms with van der Waals surface area (Å²) in [7, 11) is 0.508. The molecule has 0 aliphatic carbocycles. The molecule has 3 heteroatoms. The molecule has 1 aliphatic rings. The van der Waals surface area contributed by atoms with Crippen molar-refractivity contribution >= 4 is 7.92 Å². The van der Waals surface area contributed by atoms with Gasteiger partial charge in [-0.1, -0.05) is 6.42 Å². The molecule has 0 aromatic carbocycles. The zero-order chi connectivity index (χ0) is 5.11. The second-order valence-electron chi connectivity index (χ2n) is 2.36. The van der Waals surface area contributed by atoms with Crippen LogP contribution in [0.25, 0.3) is 0 Å². The van der Waals surface area contributed by atoms with Crippen molar-refractivity contribution in [3.63, 3.8) is 0 Å². The summed E-state index contributed by atoms with van der Waals surface area (Å²) in [4.78, 5) is 0. The molecule has 1 saturated heterocycles. The molecule has 1 rings (SSSR count). The average Bonchev–Trinajstić information content (AvgIpc) is 1.69. The molecule has 0 N–H and O–H groups in total. The molecule has 0 aromatic heterocycles. The summed E-state index contributed by atoms with van der Waals surface area (Å²) in [6.07, 6.45) is 7.64. The Morgan fingerprint density at radius 2 is 1.44 bits per heavy atom. The molecule has 1 heterocycles. The first-order chi connectivity index (χ1) is 3.39. The molecule has 9 heavy (non-hydrogen) atoms. The Morgan fingerprint density at radius 1 is 1.00 bits per heavy atom. The Hall–Kier alpha value is 1.46. The summed E-state index contributed by atoms with van der Waals surface area (Å²) in [5.74, 6) is 0. The number of hydrogen-bond acceptors (Lipinski definition) is 0. The summed E-state index contributed by atoms with van der Waals surface area (Å²) in [6, 6.07) is 0. The fourth-order valence-electron chi connectivity index (χ4n) is 1.05. The van der Waals surface area contributed by atoms with Crippen molar-refractivity contribution in [2.45, 2.75) is 19.3 Å². The minimum atomic E-state index is 0. The fourth-order valence-corrected chi connectivity index (χ4v) is 2.80. The Balaban J connectivity index is 0. The third-order valence-electron chi connectivity index (χ3n) is 1.58. The van der Waals surface area contributed by atoms with Gasteiger partial charge in [0.15, 0.2) is 0 Å². The third-order valence-corrected chi connectivity index (χ3v) is 3.74. The van der Waals surface area contributed by atoms with Gasteiger partial charge in [0.05, 0.1) is 0 Å². The maximum Gasteiger partial charge on any atom is 1.00 e. The first kappa shape index (κ1) is 13.1. The zero-order valence-corrected chi connectivity index (χ0v) is 9.48. The van der Waals surface area contributed by atoms with Crippen LogP contribution in [0.5, 0.6) is 0 Å². The van der Waals surface area contributed by atoms with Gasteiger partial charge in [-0.3, -0.25) is 0 Å². The summed E-state index contributed by atoms with van der Waals surface area (Å²) in [6.45, 7) is 2.43. The van der Waals surface area contributed by atoms with Crippen molar-refractivity contribution in [3.05, 3.63) is 0 Å². The Bertz CT molecular complexity index is 55.0. The van der Waals surface area contributed by atoms with Crippen molar-refractivity contribution in [3.8, 4) is 0 Å². The van der Waals surface area contributed by atoms with Crippen LogP contribution in [0.15, 0.2) is 0 Å². The summed E-state index contributed by atoms with van der Waals surface area (Å²) >= 11 is 0. The molecule has 0 aromatic rings. The van der Waals surface area contributed by atoms with E-state index in [9.17, 15) is 0 Å². The van der Waals surface area contributed by atoms with Gasteiger partial charge < -0.3 is 12.4 Å². The van der Waals surface area contributed by atoms with Gasteiger partial charge in [0.25, 0.3) is 0 Å². The van der Waals surface area contributed by atoms with Crippen LogP contribution in [-0.2, 0) is 22.4 Å². The second-order valence-corrected chi connectivity index (χ2v) is 4.97. The van der Waals surface area contributed by atoms with E-state index >= 15 is 0 Å². The average molecular weight is 349 g/mol. The van der Waals surface area contributed by atoms with Crippen molar-refractivity contribution in [1.82, 2.24) is 0 Å². The minimum absolute atomic E-state index is 0. The Kier molecular flexibility index (Phi) is 11.0. The minimum Gasteiger partial charge on any atom is -1.00 e. The van der Waals surface area contributed by atoms with Crippen LogP contribution >= 0.6 is 7.92 Å². The van der Waals surface area contributed by atoms with Gasteiger partial charge in [-0.15, -0.1) is 7.92 Å². The second kappa shape index (κ2) is 7.57. The number of rotatable bonds is 0. The molecule has 0 saturated carbocycles. The van der Waals surface area contributed by atoms with Gasteiger partial charge in [0.2, 0.25) is 0 Å². The predicted octanol–water partition coefficient (Wildman–Crippen LogP) is -0.716. The van der Waals surface area contributed by atoms with Crippen molar-refractivity contribution < 1.29 is 34.8 Å². The van der Waals surface area contributed by atoms with Crippen LogP contribution in [0.2, 0.25) is 0 Å². The molecule has 60 valence electrons. The normalized spacial score (nSPS) is 19.7. The van der Waals surface area contributed by atoms with E-state index in [2.05, 4.69) is 6.66 Å². The first-order valence-corrected chi connectivity index (χ1v) is 5.24. The molecular weight excluding hydrogens is 335 g/mol. The van der Waals surface area contributed by atoms with Gasteiger partial charge in [-0.25, -0.2) is 0 Å². The third kappa shape index (κ3) is 5.88. The maximum absolute atomic E-state index is 2.43. The van der Waals surface area contributed by atoms with E-state index in [0.29, 0.717) is 7.92 Å². The zero-order valence-electron chi connectivity index (χ0n) is 5.66. The van der Waals surface area contributed by atoms with Crippen molar-refractivity contribution in [2.75, 3.05) is 19.0 Å². The summed E-state index contributed by atoms with van der Waals surface area (Å²) < 4.78 is 0. The standard InChI is InChI=1S/C6H13P.Au.ClH/c1-7-5-3-2-4-6-7;;/h2-6H2,1H3;;1H/q;+1;/p-1. The molecular formula is C6H13AuClP. The van der Waals surface area contributed by atoms with Crippen LogP contribution in [0.4, 0.5) is 0 Å². The molecule has 1 fully saturated rings. The molecule has 0 bridgehead atoms. The van der Waals surface area contributed by atoms with Gasteiger partial charge in [-0.05, 0) is 31.8 Å². The Morgan fingerprint density at radius 3 is 1.67 bits per heavy atom. The monoisotopic (exact) mass is 348 g/mol. The van der Waals surface area contributed by atoms with E-state index in [1.165, 1.54) is 19.3 Å². The van der Waals surface area contributed by atoms with E-state index in [4.69, 9.17) is 0 Å². The molecule has 1 aliphatic heterocycles. The van der Waals surface area contributed by atoms with Crippen LogP contribution in [0.1, 0.15) is 19.3 Å². The smallest absolute Gasteiger partial charge is 1.00 e. The van der Waals surface area contributed by atoms with Crippen LogP contribution < -0.4 is 12.4 Å². The van der Waals surface area contributed by atoms with Gasteiger partial charge in [-0.2, -0.15) is 0 Å². The van der Waals surface area contributed by atoms with Crippen LogP contribution in [-0.4, -0.2) is 19.0 Å². The molecule has 0 spiro atoms. The van der Waals surface area contributed by atoms with Crippen molar-refractivity contribution in [1.29, 1.82) is 0 Å². The van der Waals surface area contributed by atoms with E-state index in [1.54, 1.807) is 12.3 Å². The fraction of sp³-hybridized carbons (Fsp3) is 1.00. The summed E-state index contributed by atoms with van der Waals surface area (Å²) in [5, 5.41) is 0. The Labute approximate surface area is 80.8 Å². The molecule has 0 nitrogen and oxygen atoms in total. The predicted molar refractivity (Wildman–Crippen MR) is 36.4 cm³/mol. The molecule has 0 atom stereocenters. The number of halogens is 1. The van der Waals surface area contributed by atoms with E-state index in [0.717, 1.165) is 0 Å². The first-order valence-electron chi connectivity index (χ1n) is 3.08. The van der Waals surface area contributed by atoms with Gasteiger partial charge >= 0.3 is 22.4 Å². The number of hydrogen-bond donors (Lipinski definition) is 0. The topological polar surface area (TPSA) is 0 Å². The SMILES string of the molecule is CP1CCCCC1.[Au+].[Cl-]. The van der Waals surface area contributed by atoms with Gasteiger partial charge in [0, 0.05) is 0 Å². The van der Waals surface area contributed by atoms with Gasteiger partial charge in [0.1, 0.15) is 0 Å². The summed E-state index contributed by atoms with van der Waals surface area (Å²) in [5.41, 5.74) is 0. The van der Waals surface area contributed by atoms with Crippen LogP contribution in [0.3, 0.4) is 0 Å². The quantitative estimate of drug-likeness (QED) is 0.401. The van der Waals surface area contributed by atoms with E-state index < -0.39 is 0 Å². The van der Waals surface area contributed by atoms with E-state index in [-0.39, 0.29) is 34.8 Å². The van der Waals surface area contributed by atoms with Crippen LogP contribution in [0, 0.1) is 0 Å².